The molecule has 0 bridgehead atoms. The standard InChI is InChI=1S/C10H19F3N2O2/c1-7(2)15(5-4-6-16)8(17)9(3,14)10(11,12)13/h7,16H,4-6,14H2,1-3H3. The van der Waals surface area contributed by atoms with Crippen molar-refractivity contribution in [3.63, 3.8) is 0 Å². The molecule has 0 aliphatic heterocycles. The molecule has 4 nitrogen and oxygen atoms in total. The SMILES string of the molecule is CC(C)N(CCCO)C(=O)C(C)(N)C(F)(F)F. The Morgan fingerprint density at radius 2 is 1.88 bits per heavy atom. The van der Waals surface area contributed by atoms with Gasteiger partial charge in [-0.1, -0.05) is 0 Å². The second-order valence-electron chi connectivity index (χ2n) is 4.37. The van der Waals surface area contributed by atoms with Gasteiger partial charge in [0.1, 0.15) is 0 Å². The Bertz CT molecular complexity index is 265. The summed E-state index contributed by atoms with van der Waals surface area (Å²) < 4.78 is 37.8. The number of aliphatic hydroxyl groups is 1. The molecular weight excluding hydrogens is 237 g/mol. The number of hydrogen-bond donors (Lipinski definition) is 2. The van der Waals surface area contributed by atoms with E-state index in [0.717, 1.165) is 4.90 Å². The van der Waals surface area contributed by atoms with Gasteiger partial charge in [-0.2, -0.15) is 13.2 Å². The number of halogens is 3. The number of carbonyl (C=O) groups is 1. The Morgan fingerprint density at radius 3 is 2.18 bits per heavy atom. The zero-order chi connectivity index (χ0) is 13.9. The van der Waals surface area contributed by atoms with Crippen molar-refractivity contribution in [2.75, 3.05) is 13.2 Å². The van der Waals surface area contributed by atoms with Crippen molar-refractivity contribution in [1.82, 2.24) is 4.90 Å². The molecule has 0 aromatic rings. The molecule has 0 spiro atoms. The fourth-order valence-electron chi connectivity index (χ4n) is 1.25. The van der Waals surface area contributed by atoms with Crippen LogP contribution in [0.5, 0.6) is 0 Å². The van der Waals surface area contributed by atoms with Crippen molar-refractivity contribution in [1.29, 1.82) is 0 Å². The van der Waals surface area contributed by atoms with E-state index in [-0.39, 0.29) is 19.6 Å². The number of aliphatic hydroxyl groups excluding tert-OH is 1. The van der Waals surface area contributed by atoms with Gasteiger partial charge in [-0.25, -0.2) is 0 Å². The van der Waals surface area contributed by atoms with Crippen molar-refractivity contribution in [2.24, 2.45) is 5.73 Å². The largest absolute Gasteiger partial charge is 0.415 e. The van der Waals surface area contributed by atoms with Gasteiger partial charge in [-0.05, 0) is 27.2 Å². The van der Waals surface area contributed by atoms with Crippen LogP contribution in [0, 0.1) is 0 Å². The first-order valence-electron chi connectivity index (χ1n) is 5.33. The van der Waals surface area contributed by atoms with Crippen LogP contribution in [0.4, 0.5) is 13.2 Å². The molecule has 1 atom stereocenters. The van der Waals surface area contributed by atoms with Crippen LogP contribution in [0.3, 0.4) is 0 Å². The molecule has 3 N–H and O–H groups in total. The van der Waals surface area contributed by atoms with Crippen LogP contribution in [-0.4, -0.2) is 46.8 Å². The number of nitrogens with two attached hydrogens (primary N) is 1. The normalized spacial score (nSPS) is 15.8. The summed E-state index contributed by atoms with van der Waals surface area (Å²) in [6.07, 6.45) is -4.58. The van der Waals surface area contributed by atoms with E-state index in [1.165, 1.54) is 0 Å². The lowest BCUT2D eigenvalue weighted by atomic mass is 10.00. The third-order valence-corrected chi connectivity index (χ3v) is 2.47. The molecule has 0 saturated heterocycles. The lowest BCUT2D eigenvalue weighted by molar-refractivity contribution is -0.194. The molecule has 0 aliphatic carbocycles. The Morgan fingerprint density at radius 1 is 1.41 bits per heavy atom. The first-order chi connectivity index (χ1) is 7.55. The highest BCUT2D eigenvalue weighted by Gasteiger charge is 2.55. The van der Waals surface area contributed by atoms with E-state index in [4.69, 9.17) is 10.8 Å². The van der Waals surface area contributed by atoms with E-state index in [1.54, 1.807) is 13.8 Å². The number of alkyl halides is 3. The topological polar surface area (TPSA) is 66.6 Å². The molecule has 7 heteroatoms. The van der Waals surface area contributed by atoms with E-state index >= 15 is 0 Å². The van der Waals surface area contributed by atoms with Crippen molar-refractivity contribution in [2.45, 2.75) is 44.9 Å². The predicted octanol–water partition coefficient (Wildman–Crippen LogP) is 0.885. The molecule has 0 aromatic heterocycles. The maximum absolute atomic E-state index is 12.6. The van der Waals surface area contributed by atoms with Gasteiger partial charge in [-0.15, -0.1) is 0 Å². The van der Waals surface area contributed by atoms with Crippen LogP contribution in [0.1, 0.15) is 27.2 Å². The van der Waals surface area contributed by atoms with Gasteiger partial charge in [0.2, 0.25) is 0 Å². The Labute approximate surface area is 98.6 Å². The minimum absolute atomic E-state index is 0.0515. The second-order valence-corrected chi connectivity index (χ2v) is 4.37. The summed E-state index contributed by atoms with van der Waals surface area (Å²) in [5.41, 5.74) is 2.17. The summed E-state index contributed by atoms with van der Waals surface area (Å²) in [5, 5.41) is 8.65. The number of nitrogens with zero attached hydrogens (tertiary/aromatic N) is 1. The lowest BCUT2D eigenvalue weighted by Crippen LogP contribution is -2.63. The Kier molecular flexibility index (Phi) is 5.41. The van der Waals surface area contributed by atoms with Crippen molar-refractivity contribution < 1.29 is 23.1 Å². The van der Waals surface area contributed by atoms with Crippen molar-refractivity contribution in [3.05, 3.63) is 0 Å². The maximum atomic E-state index is 12.6. The average Bonchev–Trinajstić information content (AvgIpc) is 2.15. The van der Waals surface area contributed by atoms with Crippen LogP contribution < -0.4 is 5.73 Å². The summed E-state index contributed by atoms with van der Waals surface area (Å²) in [5.74, 6) is -1.17. The van der Waals surface area contributed by atoms with Crippen LogP contribution in [0.25, 0.3) is 0 Å². The molecular formula is C10H19F3N2O2. The predicted molar refractivity (Wildman–Crippen MR) is 57.2 cm³/mol. The molecule has 0 rings (SSSR count). The number of carbonyl (C=O) groups excluding carboxylic acids is 1. The van der Waals surface area contributed by atoms with Crippen LogP contribution >= 0.6 is 0 Å². The number of hydrogen-bond acceptors (Lipinski definition) is 3. The molecule has 0 aromatic carbocycles. The molecule has 1 amide bonds. The maximum Gasteiger partial charge on any atom is 0.415 e. The highest BCUT2D eigenvalue weighted by Crippen LogP contribution is 2.30. The van der Waals surface area contributed by atoms with Gasteiger partial charge >= 0.3 is 6.18 Å². The molecule has 0 radical (unpaired) electrons. The van der Waals surface area contributed by atoms with Gasteiger partial charge < -0.3 is 15.7 Å². The quantitative estimate of drug-likeness (QED) is 0.767. The van der Waals surface area contributed by atoms with Gasteiger partial charge in [0.25, 0.3) is 5.91 Å². The van der Waals surface area contributed by atoms with Gasteiger partial charge in [0, 0.05) is 19.2 Å². The lowest BCUT2D eigenvalue weighted by Gasteiger charge is -2.35. The summed E-state index contributed by atoms with van der Waals surface area (Å²) in [4.78, 5) is 12.8. The van der Waals surface area contributed by atoms with Crippen LogP contribution in [0.15, 0.2) is 0 Å². The van der Waals surface area contributed by atoms with E-state index in [9.17, 15) is 18.0 Å². The number of amides is 1. The molecule has 17 heavy (non-hydrogen) atoms. The first-order valence-corrected chi connectivity index (χ1v) is 5.33. The van der Waals surface area contributed by atoms with Gasteiger partial charge in [-0.3, -0.25) is 4.79 Å². The van der Waals surface area contributed by atoms with E-state index < -0.39 is 23.7 Å². The molecule has 0 aliphatic rings. The van der Waals surface area contributed by atoms with Crippen molar-refractivity contribution >= 4 is 5.91 Å². The van der Waals surface area contributed by atoms with Crippen LogP contribution in [-0.2, 0) is 4.79 Å². The highest BCUT2D eigenvalue weighted by molar-refractivity contribution is 5.86. The summed E-state index contributed by atoms with van der Waals surface area (Å²) in [6, 6.07) is -0.403. The average molecular weight is 256 g/mol. The first kappa shape index (κ1) is 16.2. The Balaban J connectivity index is 4.96. The number of rotatable bonds is 5. The Hall–Kier alpha value is -0.820. The van der Waals surface area contributed by atoms with Crippen molar-refractivity contribution in [3.8, 4) is 0 Å². The molecule has 0 saturated carbocycles. The fraction of sp³-hybridized carbons (Fsp3) is 0.900. The summed E-state index contributed by atoms with van der Waals surface area (Å²) >= 11 is 0. The fourth-order valence-corrected chi connectivity index (χ4v) is 1.25. The van der Waals surface area contributed by atoms with Gasteiger partial charge in [0.15, 0.2) is 5.54 Å². The second kappa shape index (κ2) is 5.68. The third-order valence-electron chi connectivity index (χ3n) is 2.47. The summed E-state index contributed by atoms with van der Waals surface area (Å²) in [7, 11) is 0. The molecule has 102 valence electrons. The van der Waals surface area contributed by atoms with Gasteiger partial charge in [0.05, 0.1) is 0 Å². The van der Waals surface area contributed by atoms with E-state index in [0.29, 0.717) is 6.92 Å². The summed E-state index contributed by atoms with van der Waals surface area (Å²) in [6.45, 7) is 3.72. The highest BCUT2D eigenvalue weighted by atomic mass is 19.4. The molecule has 1 unspecified atom stereocenters. The van der Waals surface area contributed by atoms with E-state index in [2.05, 4.69) is 0 Å². The minimum Gasteiger partial charge on any atom is -0.396 e. The monoisotopic (exact) mass is 256 g/mol. The zero-order valence-corrected chi connectivity index (χ0v) is 10.2. The van der Waals surface area contributed by atoms with Crippen LogP contribution in [0.2, 0.25) is 0 Å². The third kappa shape index (κ3) is 3.85. The zero-order valence-electron chi connectivity index (χ0n) is 10.2. The molecule has 0 fully saturated rings. The van der Waals surface area contributed by atoms with E-state index in [1.807, 2.05) is 0 Å². The minimum atomic E-state index is -4.80. The smallest absolute Gasteiger partial charge is 0.396 e. The molecule has 0 heterocycles.